The van der Waals surface area contributed by atoms with Crippen molar-refractivity contribution in [3.8, 4) is 17.2 Å². The van der Waals surface area contributed by atoms with E-state index >= 15 is 0 Å². The molecule has 2 fully saturated rings. The van der Waals surface area contributed by atoms with Gasteiger partial charge in [0.25, 0.3) is 0 Å². The first-order valence-electron chi connectivity index (χ1n) is 10.3. The number of aryl methyl sites for hydroxylation is 1. The maximum Gasteiger partial charge on any atom is 0.231 e. The highest BCUT2D eigenvalue weighted by molar-refractivity contribution is 5.79. The maximum absolute atomic E-state index is 6.34. The van der Waals surface area contributed by atoms with E-state index in [0.717, 1.165) is 16.8 Å². The summed E-state index contributed by atoms with van der Waals surface area (Å²) >= 11 is 0. The molecule has 7 rings (SSSR count). The Morgan fingerprint density at radius 1 is 1.10 bits per heavy atom. The van der Waals surface area contributed by atoms with E-state index in [1.807, 2.05) is 45.0 Å². The largest absolute Gasteiger partial charge is 0.493 e. The molecule has 1 aliphatic carbocycles. The van der Waals surface area contributed by atoms with Crippen molar-refractivity contribution in [1.82, 2.24) is 10.2 Å². The molecule has 0 spiro atoms. The molecule has 2 bridgehead atoms. The molecule has 1 aromatic heterocycles. The Labute approximate surface area is 179 Å². The zero-order chi connectivity index (χ0) is 21.3. The van der Waals surface area contributed by atoms with Crippen molar-refractivity contribution in [2.75, 3.05) is 19.0 Å². The van der Waals surface area contributed by atoms with Crippen LogP contribution in [-0.2, 0) is 14.3 Å². The Morgan fingerprint density at radius 2 is 1.94 bits per heavy atom. The van der Waals surface area contributed by atoms with Crippen molar-refractivity contribution in [3.05, 3.63) is 41.6 Å². The van der Waals surface area contributed by atoms with E-state index in [4.69, 9.17) is 28.5 Å². The Kier molecular flexibility index (Phi) is 3.99. The fourth-order valence-electron chi connectivity index (χ4n) is 4.68. The highest BCUT2D eigenvalue weighted by Crippen LogP contribution is 2.50. The standard InChI is InChI=1S/C22H23N3O6/c1-11-5-6-17(24-23-11)25-18-13(9-16(31-25)20-21(18)30-22(2,3)29-20)12-7-14(26-4)19-15(8-12)27-10-28-19/h5-9,16,18,20-21H,10H2,1-4H3/t16-,18-,20?,21?/m0/s1. The van der Waals surface area contributed by atoms with Crippen LogP contribution in [0.3, 0.4) is 0 Å². The number of hydrogen-bond donors (Lipinski definition) is 0. The van der Waals surface area contributed by atoms with Crippen LogP contribution in [0.25, 0.3) is 5.57 Å². The van der Waals surface area contributed by atoms with Gasteiger partial charge in [0.05, 0.1) is 12.8 Å². The first-order chi connectivity index (χ1) is 14.9. The number of ether oxygens (including phenoxy) is 5. The Morgan fingerprint density at radius 3 is 2.71 bits per heavy atom. The summed E-state index contributed by atoms with van der Waals surface area (Å²) in [5, 5.41) is 10.3. The zero-order valence-corrected chi connectivity index (χ0v) is 17.7. The molecule has 0 saturated carbocycles. The number of hydrogen-bond acceptors (Lipinski definition) is 9. The summed E-state index contributed by atoms with van der Waals surface area (Å²) in [4.78, 5) is 6.28. The van der Waals surface area contributed by atoms with Crippen LogP contribution >= 0.6 is 0 Å². The summed E-state index contributed by atoms with van der Waals surface area (Å²) < 4.78 is 29.3. The molecule has 0 amide bonds. The summed E-state index contributed by atoms with van der Waals surface area (Å²) in [6.45, 7) is 5.91. The average molecular weight is 425 g/mol. The van der Waals surface area contributed by atoms with Crippen LogP contribution in [0.1, 0.15) is 25.1 Å². The zero-order valence-electron chi connectivity index (χ0n) is 17.7. The summed E-state index contributed by atoms with van der Waals surface area (Å²) in [6, 6.07) is 7.44. The van der Waals surface area contributed by atoms with Gasteiger partial charge in [-0.05, 0) is 62.2 Å². The third-order valence-corrected chi connectivity index (χ3v) is 5.95. The maximum atomic E-state index is 6.34. The minimum absolute atomic E-state index is 0.171. The lowest BCUT2D eigenvalue weighted by Crippen LogP contribution is -2.62. The monoisotopic (exact) mass is 425 g/mol. The molecule has 0 N–H and O–H groups in total. The van der Waals surface area contributed by atoms with E-state index in [2.05, 4.69) is 16.3 Å². The molecule has 4 atom stereocenters. The number of aromatic nitrogens is 2. The lowest BCUT2D eigenvalue weighted by atomic mass is 9.82. The molecule has 5 heterocycles. The summed E-state index contributed by atoms with van der Waals surface area (Å²) in [5.41, 5.74) is 2.80. The molecular weight excluding hydrogens is 402 g/mol. The van der Waals surface area contributed by atoms with Crippen molar-refractivity contribution < 1.29 is 28.5 Å². The van der Waals surface area contributed by atoms with Crippen LogP contribution in [0.15, 0.2) is 30.3 Å². The van der Waals surface area contributed by atoms with Crippen LogP contribution in [0.4, 0.5) is 5.82 Å². The quantitative estimate of drug-likeness (QED) is 0.737. The second-order valence-electron chi connectivity index (χ2n) is 8.47. The number of fused-ring (bicyclic) bond motifs is 2. The van der Waals surface area contributed by atoms with Gasteiger partial charge in [-0.2, -0.15) is 5.10 Å². The van der Waals surface area contributed by atoms with Gasteiger partial charge in [0, 0.05) is 0 Å². The molecule has 2 aromatic rings. The van der Waals surface area contributed by atoms with E-state index < -0.39 is 5.79 Å². The normalized spacial score (nSPS) is 29.7. The highest BCUT2D eigenvalue weighted by atomic mass is 16.8. The fraction of sp³-hybridized carbons (Fsp3) is 0.455. The number of rotatable bonds is 3. The smallest absolute Gasteiger partial charge is 0.231 e. The highest BCUT2D eigenvalue weighted by Gasteiger charge is 2.58. The van der Waals surface area contributed by atoms with Crippen molar-refractivity contribution >= 4 is 11.4 Å². The molecule has 2 unspecified atom stereocenters. The van der Waals surface area contributed by atoms with Crippen LogP contribution in [-0.4, -0.2) is 54.2 Å². The number of benzene rings is 1. The van der Waals surface area contributed by atoms with E-state index in [9.17, 15) is 0 Å². The topological polar surface area (TPSA) is 84.4 Å². The molecule has 2 saturated heterocycles. The van der Waals surface area contributed by atoms with Gasteiger partial charge < -0.3 is 23.7 Å². The van der Waals surface area contributed by atoms with Gasteiger partial charge in [0.15, 0.2) is 23.1 Å². The molecule has 9 nitrogen and oxygen atoms in total. The third kappa shape index (κ3) is 2.88. The molecule has 1 aromatic carbocycles. The number of nitrogens with zero attached hydrogens (tertiary/aromatic N) is 3. The van der Waals surface area contributed by atoms with Gasteiger partial charge in [0.1, 0.15) is 24.4 Å². The number of methoxy groups -OCH3 is 1. The predicted octanol–water partition coefficient (Wildman–Crippen LogP) is 2.63. The molecular formula is C22H23N3O6. The molecule has 9 heteroatoms. The fourth-order valence-corrected chi connectivity index (χ4v) is 4.68. The lowest BCUT2D eigenvalue weighted by molar-refractivity contribution is -0.150. The van der Waals surface area contributed by atoms with Crippen molar-refractivity contribution in [2.45, 2.75) is 50.9 Å². The van der Waals surface area contributed by atoms with E-state index in [0.29, 0.717) is 23.1 Å². The van der Waals surface area contributed by atoms with Gasteiger partial charge in [-0.25, -0.2) is 5.06 Å². The van der Waals surface area contributed by atoms with Crippen LogP contribution < -0.4 is 19.3 Å². The molecule has 4 aliphatic heterocycles. The average Bonchev–Trinajstić information content (AvgIpc) is 3.36. The van der Waals surface area contributed by atoms with Crippen molar-refractivity contribution in [3.63, 3.8) is 0 Å². The second kappa shape index (κ2) is 6.56. The summed E-state index contributed by atoms with van der Waals surface area (Å²) in [6.07, 6.45) is 1.29. The first kappa shape index (κ1) is 18.9. The van der Waals surface area contributed by atoms with Gasteiger partial charge >= 0.3 is 0 Å². The summed E-state index contributed by atoms with van der Waals surface area (Å²) in [5.74, 6) is 1.80. The van der Waals surface area contributed by atoms with Gasteiger partial charge in [-0.3, -0.25) is 4.84 Å². The van der Waals surface area contributed by atoms with E-state index in [1.165, 1.54) is 0 Å². The minimum Gasteiger partial charge on any atom is -0.493 e. The van der Waals surface area contributed by atoms with Crippen molar-refractivity contribution in [1.29, 1.82) is 0 Å². The van der Waals surface area contributed by atoms with Crippen LogP contribution in [0.2, 0.25) is 0 Å². The van der Waals surface area contributed by atoms with E-state index in [1.54, 1.807) is 12.2 Å². The molecule has 0 radical (unpaired) electrons. The SMILES string of the molecule is COc1cc(C2=C[C@@H]3ON(c4ccc(C)nn4)[C@@H]2C2OC(C)(C)OC23)cc2c1OCO2. The van der Waals surface area contributed by atoms with E-state index in [-0.39, 0.29) is 31.1 Å². The predicted molar refractivity (Wildman–Crippen MR) is 109 cm³/mol. The van der Waals surface area contributed by atoms with Gasteiger partial charge in [0.2, 0.25) is 12.5 Å². The van der Waals surface area contributed by atoms with Gasteiger partial charge in [-0.15, -0.1) is 5.10 Å². The van der Waals surface area contributed by atoms with Gasteiger partial charge in [-0.1, -0.05) is 0 Å². The Balaban J connectivity index is 1.47. The molecule has 31 heavy (non-hydrogen) atoms. The Bertz CT molecular complexity index is 1070. The molecule has 162 valence electrons. The minimum atomic E-state index is -0.708. The lowest BCUT2D eigenvalue weighted by Gasteiger charge is -2.48. The van der Waals surface area contributed by atoms with Crippen LogP contribution in [0, 0.1) is 6.92 Å². The van der Waals surface area contributed by atoms with Crippen molar-refractivity contribution in [2.24, 2.45) is 0 Å². The third-order valence-electron chi connectivity index (χ3n) is 5.95. The second-order valence-corrected chi connectivity index (χ2v) is 8.47. The van der Waals surface area contributed by atoms with Crippen LogP contribution in [0.5, 0.6) is 17.2 Å². The first-order valence-corrected chi connectivity index (χ1v) is 10.3. The molecule has 5 aliphatic rings. The number of hydroxylamine groups is 1. The Hall–Kier alpha value is -2.88. The number of anilines is 1. The summed E-state index contributed by atoms with van der Waals surface area (Å²) in [7, 11) is 1.62.